The normalized spacial score (nSPS) is 13.1. The van der Waals surface area contributed by atoms with E-state index in [1.807, 2.05) is 0 Å². The molecule has 0 atom stereocenters. The van der Waals surface area contributed by atoms with E-state index in [0.717, 1.165) is 0 Å². The number of nitrogens with zero attached hydrogens (tertiary/aromatic N) is 3. The predicted octanol–water partition coefficient (Wildman–Crippen LogP) is 5.67. The van der Waals surface area contributed by atoms with E-state index < -0.39 is 58.0 Å². The van der Waals surface area contributed by atoms with Crippen LogP contribution in [-0.2, 0) is 12.4 Å². The van der Waals surface area contributed by atoms with Crippen LogP contribution in [0.25, 0.3) is 5.69 Å². The fourth-order valence-corrected chi connectivity index (χ4v) is 4.90. The summed E-state index contributed by atoms with van der Waals surface area (Å²) < 4.78 is 79.3. The maximum Gasteiger partial charge on any atom is 0.442 e. The summed E-state index contributed by atoms with van der Waals surface area (Å²) in [6, 6.07) is 0.940. The third-order valence-electron chi connectivity index (χ3n) is 3.58. The Bertz CT molecular complexity index is 927. The molecule has 1 aromatic carbocycles. The van der Waals surface area contributed by atoms with Gasteiger partial charge in [0.2, 0.25) is 5.69 Å². The summed E-state index contributed by atoms with van der Waals surface area (Å²) in [6.07, 6.45) is -9.98. The van der Waals surface area contributed by atoms with Crippen LogP contribution in [0.1, 0.15) is 11.3 Å². The molecule has 0 bridgehead atoms. The minimum Gasteiger partial charge on any atom is -0.258 e. The monoisotopic (exact) mass is 465 g/mol. The summed E-state index contributed by atoms with van der Waals surface area (Å²) in [6.45, 7) is 4.54. The van der Waals surface area contributed by atoms with Gasteiger partial charge in [0.1, 0.15) is 19.1 Å². The van der Waals surface area contributed by atoms with Crippen molar-refractivity contribution in [1.82, 2.24) is 9.78 Å². The summed E-state index contributed by atoms with van der Waals surface area (Å²) in [5, 5.41) is 13.0. The summed E-state index contributed by atoms with van der Waals surface area (Å²) in [5.74, 6) is 0. The van der Waals surface area contributed by atoms with E-state index >= 15 is 0 Å². The van der Waals surface area contributed by atoms with Crippen molar-refractivity contribution in [2.24, 2.45) is 0 Å². The summed E-state index contributed by atoms with van der Waals surface area (Å²) in [5.41, 5.74) is -4.76. The van der Waals surface area contributed by atoms with Gasteiger partial charge in [-0.15, -0.1) is 0 Å². The van der Waals surface area contributed by atoms with Crippen LogP contribution in [0.4, 0.5) is 32.0 Å². The van der Waals surface area contributed by atoms with Crippen LogP contribution in [0.15, 0.2) is 12.1 Å². The van der Waals surface area contributed by atoms with Gasteiger partial charge in [0.15, 0.2) is 0 Å². The van der Waals surface area contributed by atoms with Crippen molar-refractivity contribution in [3.63, 3.8) is 0 Å². The molecule has 0 aliphatic heterocycles. The number of rotatable bonds is 3. The standard InChI is InChI=1S/C14H11Cl2F6N3O2Si/c1-28(2,3)12-10(25(26)27)11(14(20,21)22)23-24(12)9-7(15)4-6(5-8(9)16)13(17,18)19/h4-5H,1-3H3. The van der Waals surface area contributed by atoms with Gasteiger partial charge in [0.25, 0.3) is 0 Å². The van der Waals surface area contributed by atoms with Crippen molar-refractivity contribution in [2.45, 2.75) is 32.0 Å². The lowest BCUT2D eigenvalue weighted by Crippen LogP contribution is -2.44. The van der Waals surface area contributed by atoms with E-state index in [1.54, 1.807) is 0 Å². The molecule has 0 radical (unpaired) electrons. The van der Waals surface area contributed by atoms with Crippen LogP contribution < -0.4 is 5.32 Å². The quantitative estimate of drug-likeness (QED) is 0.254. The zero-order chi connectivity index (χ0) is 21.8. The Hall–Kier alpha value is -1.79. The van der Waals surface area contributed by atoms with Gasteiger partial charge >= 0.3 is 18.0 Å². The van der Waals surface area contributed by atoms with Crippen LogP contribution in [0.3, 0.4) is 0 Å². The number of benzene rings is 1. The molecule has 0 unspecified atom stereocenters. The largest absolute Gasteiger partial charge is 0.442 e. The van der Waals surface area contributed by atoms with Gasteiger partial charge < -0.3 is 0 Å². The van der Waals surface area contributed by atoms with Gasteiger partial charge in [-0.3, -0.25) is 10.1 Å². The molecular weight excluding hydrogens is 455 g/mol. The first-order valence-electron chi connectivity index (χ1n) is 7.38. The molecule has 0 saturated heterocycles. The predicted molar refractivity (Wildman–Crippen MR) is 93.2 cm³/mol. The van der Waals surface area contributed by atoms with Crippen molar-refractivity contribution < 1.29 is 31.3 Å². The number of hydrogen-bond acceptors (Lipinski definition) is 3. The molecule has 0 amide bonds. The minimum atomic E-state index is -5.17. The number of aromatic nitrogens is 2. The fraction of sp³-hybridized carbons (Fsp3) is 0.357. The molecule has 0 N–H and O–H groups in total. The third-order valence-corrected chi connectivity index (χ3v) is 6.02. The van der Waals surface area contributed by atoms with E-state index in [2.05, 4.69) is 5.10 Å². The Morgan fingerprint density at radius 2 is 1.50 bits per heavy atom. The summed E-state index contributed by atoms with van der Waals surface area (Å²) in [7, 11) is -2.90. The van der Waals surface area contributed by atoms with Gasteiger partial charge in [0, 0.05) is 0 Å². The van der Waals surface area contributed by atoms with Gasteiger partial charge in [0.05, 0.1) is 20.5 Å². The summed E-state index contributed by atoms with van der Waals surface area (Å²) >= 11 is 11.7. The van der Waals surface area contributed by atoms with Crippen molar-refractivity contribution in [1.29, 1.82) is 0 Å². The molecule has 5 nitrogen and oxygen atoms in total. The van der Waals surface area contributed by atoms with Crippen LogP contribution in [0, 0.1) is 10.1 Å². The Morgan fingerprint density at radius 1 is 1.04 bits per heavy atom. The van der Waals surface area contributed by atoms with Gasteiger partial charge in [-0.2, -0.15) is 31.4 Å². The third kappa shape index (κ3) is 4.13. The first-order valence-corrected chi connectivity index (χ1v) is 11.6. The van der Waals surface area contributed by atoms with Gasteiger partial charge in [-0.1, -0.05) is 42.8 Å². The first-order chi connectivity index (χ1) is 12.5. The van der Waals surface area contributed by atoms with Crippen LogP contribution in [0.2, 0.25) is 29.7 Å². The Balaban J connectivity index is 2.97. The average molecular weight is 466 g/mol. The molecule has 0 fully saturated rings. The number of nitro groups is 1. The van der Waals surface area contributed by atoms with E-state index in [-0.39, 0.29) is 5.32 Å². The molecule has 14 heteroatoms. The SMILES string of the molecule is C[Si](C)(C)c1c([N+](=O)[O-])c(C(F)(F)F)nn1-c1c(Cl)cc(C(F)(F)F)cc1Cl. The van der Waals surface area contributed by atoms with Crippen molar-refractivity contribution >= 4 is 42.3 Å². The molecule has 28 heavy (non-hydrogen) atoms. The maximum absolute atomic E-state index is 13.3. The highest BCUT2D eigenvalue weighted by Gasteiger charge is 2.48. The zero-order valence-electron chi connectivity index (χ0n) is 14.3. The molecule has 1 heterocycles. The van der Waals surface area contributed by atoms with E-state index in [9.17, 15) is 36.5 Å². The first kappa shape index (κ1) is 22.5. The molecule has 2 rings (SSSR count). The van der Waals surface area contributed by atoms with Crippen molar-refractivity contribution in [3.05, 3.63) is 43.5 Å². The zero-order valence-corrected chi connectivity index (χ0v) is 16.8. The Morgan fingerprint density at radius 3 is 1.82 bits per heavy atom. The molecule has 0 spiro atoms. The molecule has 154 valence electrons. The van der Waals surface area contributed by atoms with Crippen molar-refractivity contribution in [2.75, 3.05) is 0 Å². The topological polar surface area (TPSA) is 61.0 Å². The molecule has 0 aliphatic rings. The molecule has 1 aromatic heterocycles. The Labute approximate surface area is 165 Å². The second-order valence-corrected chi connectivity index (χ2v) is 12.5. The van der Waals surface area contributed by atoms with Crippen molar-refractivity contribution in [3.8, 4) is 5.69 Å². The minimum absolute atomic E-state index is 0.381. The van der Waals surface area contributed by atoms with Crippen LogP contribution in [-0.4, -0.2) is 22.8 Å². The number of hydrogen-bond donors (Lipinski definition) is 0. The van der Waals surface area contributed by atoms with Crippen LogP contribution in [0.5, 0.6) is 0 Å². The van der Waals surface area contributed by atoms with E-state index in [4.69, 9.17) is 23.2 Å². The second kappa shape index (κ2) is 6.92. The number of alkyl halides is 6. The highest BCUT2D eigenvalue weighted by atomic mass is 35.5. The maximum atomic E-state index is 13.3. The molecule has 0 saturated carbocycles. The lowest BCUT2D eigenvalue weighted by Gasteiger charge is -2.19. The lowest BCUT2D eigenvalue weighted by molar-refractivity contribution is -0.386. The number of halogens is 8. The smallest absolute Gasteiger partial charge is 0.258 e. The van der Waals surface area contributed by atoms with Gasteiger partial charge in [-0.05, 0) is 12.1 Å². The molecule has 2 aromatic rings. The van der Waals surface area contributed by atoms with Gasteiger partial charge in [-0.25, -0.2) is 4.68 Å². The molecular formula is C14H11Cl2F6N3O2Si. The van der Waals surface area contributed by atoms with Crippen LogP contribution >= 0.6 is 23.2 Å². The average Bonchev–Trinajstić information content (AvgIpc) is 2.86. The Kier molecular flexibility index (Phi) is 5.56. The summed E-state index contributed by atoms with van der Waals surface area (Å²) in [4.78, 5) is 10.2. The lowest BCUT2D eigenvalue weighted by atomic mass is 10.2. The molecule has 0 aliphatic carbocycles. The second-order valence-electron chi connectivity index (χ2n) is 6.75. The highest BCUT2D eigenvalue weighted by Crippen LogP contribution is 2.40. The van der Waals surface area contributed by atoms with E-state index in [1.165, 1.54) is 19.6 Å². The fourth-order valence-electron chi connectivity index (χ4n) is 2.54. The highest BCUT2D eigenvalue weighted by molar-refractivity contribution is 6.89. The van der Waals surface area contributed by atoms with E-state index in [0.29, 0.717) is 16.8 Å².